The first kappa shape index (κ1) is 24.9. The van der Waals surface area contributed by atoms with Crippen molar-refractivity contribution in [2.45, 2.75) is 51.1 Å². The summed E-state index contributed by atoms with van der Waals surface area (Å²) in [5.74, 6) is -2.54. The highest BCUT2D eigenvalue weighted by atomic mass is 19.1. The van der Waals surface area contributed by atoms with Crippen molar-refractivity contribution in [1.29, 1.82) is 0 Å². The minimum absolute atomic E-state index is 0.264. The van der Waals surface area contributed by atoms with Crippen LogP contribution in [0.4, 0.5) is 19.3 Å². The average molecular weight is 511 g/mol. The third kappa shape index (κ3) is 4.24. The molecule has 0 aromatic heterocycles. The fourth-order valence-corrected chi connectivity index (χ4v) is 5.72. The number of hydrogen-bond donors (Lipinski definition) is 2. The Morgan fingerprint density at radius 3 is 2.38 bits per heavy atom. The molecule has 1 spiro atoms. The lowest BCUT2D eigenvalue weighted by Crippen LogP contribution is -2.50. The predicted molar refractivity (Wildman–Crippen MR) is 130 cm³/mol. The average Bonchev–Trinajstić information content (AvgIpc) is 3.29. The predicted octanol–water partition coefficient (Wildman–Crippen LogP) is 3.31. The number of rotatable bonds is 4. The summed E-state index contributed by atoms with van der Waals surface area (Å²) >= 11 is 0. The first-order valence-electron chi connectivity index (χ1n) is 12.2. The van der Waals surface area contributed by atoms with E-state index in [1.165, 1.54) is 21.9 Å². The number of piperidine rings is 1. The molecule has 2 saturated heterocycles. The van der Waals surface area contributed by atoms with Crippen molar-refractivity contribution in [2.24, 2.45) is 5.41 Å². The zero-order chi connectivity index (χ0) is 26.7. The molecule has 3 aliphatic rings. The highest BCUT2D eigenvalue weighted by Crippen LogP contribution is 2.41. The van der Waals surface area contributed by atoms with Crippen molar-refractivity contribution in [3.8, 4) is 0 Å². The topological polar surface area (TPSA) is 98.8 Å². The number of hydrogen-bond acceptors (Lipinski definition) is 4. The number of nitrogens with one attached hydrogen (secondary N) is 2. The van der Waals surface area contributed by atoms with Crippen LogP contribution in [0.2, 0.25) is 0 Å². The van der Waals surface area contributed by atoms with Crippen molar-refractivity contribution in [3.63, 3.8) is 0 Å². The highest BCUT2D eigenvalue weighted by Gasteiger charge is 2.54. The fourth-order valence-electron chi connectivity index (χ4n) is 5.72. The lowest BCUT2D eigenvalue weighted by atomic mass is 9.78. The molecule has 2 atom stereocenters. The number of nitrogens with zero attached hydrogens (tertiary/aromatic N) is 2. The quantitative estimate of drug-likeness (QED) is 0.617. The molecule has 194 valence electrons. The van der Waals surface area contributed by atoms with E-state index in [1.807, 2.05) is 6.07 Å². The van der Waals surface area contributed by atoms with Crippen LogP contribution in [0.15, 0.2) is 36.4 Å². The number of anilines is 1. The van der Waals surface area contributed by atoms with Gasteiger partial charge < -0.3 is 15.1 Å². The standard InChI is InChI=1S/C27H28F2N4O4/c1-26(2)7-6-21(16-8-18(28)11-19(29)9-16)33(24(26)36)14-22(34)30-20-5-4-15-12-27(13-17(15)10-20)23(35)31-25(37)32(27)3/h4-5,8-11,21H,6-7,12-14H2,1-3H3,(H,30,34)(H,31,35,37). The third-order valence-electron chi connectivity index (χ3n) is 7.89. The van der Waals surface area contributed by atoms with Gasteiger partial charge in [0.05, 0.1) is 6.04 Å². The fraction of sp³-hybridized carbons (Fsp3) is 0.407. The zero-order valence-corrected chi connectivity index (χ0v) is 20.9. The highest BCUT2D eigenvalue weighted by molar-refractivity contribution is 6.07. The SMILES string of the molecule is CN1C(=O)NC(=O)C12Cc1ccc(NC(=O)CN3C(=O)C(C)(C)CCC3c3cc(F)cc(F)c3)cc1C2. The van der Waals surface area contributed by atoms with Crippen LogP contribution in [0.5, 0.6) is 0 Å². The van der Waals surface area contributed by atoms with Crippen LogP contribution in [0.1, 0.15) is 49.4 Å². The monoisotopic (exact) mass is 510 g/mol. The number of urea groups is 1. The molecule has 2 fully saturated rings. The van der Waals surface area contributed by atoms with Gasteiger partial charge in [-0.1, -0.05) is 19.9 Å². The molecular formula is C27H28F2N4O4. The Morgan fingerprint density at radius 1 is 1.05 bits per heavy atom. The van der Waals surface area contributed by atoms with Crippen molar-refractivity contribution in [2.75, 3.05) is 18.9 Å². The summed E-state index contributed by atoms with van der Waals surface area (Å²) in [6.45, 7) is 3.30. The number of likely N-dealkylation sites (N-methyl/N-ethyl adjacent to an activating group) is 1. The van der Waals surface area contributed by atoms with Crippen molar-refractivity contribution < 1.29 is 28.0 Å². The molecule has 0 bridgehead atoms. The van der Waals surface area contributed by atoms with Gasteiger partial charge in [0.25, 0.3) is 5.91 Å². The Balaban J connectivity index is 1.34. The summed E-state index contributed by atoms with van der Waals surface area (Å²) < 4.78 is 27.9. The molecule has 5 rings (SSSR count). The van der Waals surface area contributed by atoms with Crippen LogP contribution in [-0.2, 0) is 27.2 Å². The minimum Gasteiger partial charge on any atom is -0.326 e. The second-order valence-corrected chi connectivity index (χ2v) is 10.8. The lowest BCUT2D eigenvalue weighted by molar-refractivity contribution is -0.150. The van der Waals surface area contributed by atoms with Crippen LogP contribution in [0, 0.1) is 17.0 Å². The second-order valence-electron chi connectivity index (χ2n) is 10.8. The Morgan fingerprint density at radius 2 is 1.73 bits per heavy atom. The molecule has 5 amide bonds. The molecule has 1 aliphatic carbocycles. The van der Waals surface area contributed by atoms with E-state index < -0.39 is 40.6 Å². The van der Waals surface area contributed by atoms with Crippen LogP contribution in [0.3, 0.4) is 0 Å². The van der Waals surface area contributed by atoms with Crippen molar-refractivity contribution in [3.05, 3.63) is 64.7 Å². The van der Waals surface area contributed by atoms with E-state index in [0.29, 0.717) is 36.9 Å². The number of fused-ring (bicyclic) bond motifs is 1. The van der Waals surface area contributed by atoms with E-state index in [0.717, 1.165) is 17.2 Å². The van der Waals surface area contributed by atoms with Gasteiger partial charge in [0.2, 0.25) is 11.8 Å². The molecule has 2 aliphatic heterocycles. The number of carbonyl (C=O) groups excluding carboxylic acids is 4. The van der Waals surface area contributed by atoms with Gasteiger partial charge in [-0.2, -0.15) is 0 Å². The van der Waals surface area contributed by atoms with E-state index >= 15 is 0 Å². The molecule has 37 heavy (non-hydrogen) atoms. The van der Waals surface area contributed by atoms with E-state index in [2.05, 4.69) is 10.6 Å². The maximum Gasteiger partial charge on any atom is 0.324 e. The Hall–Kier alpha value is -3.82. The first-order valence-corrected chi connectivity index (χ1v) is 12.2. The number of halogens is 2. The Bertz CT molecular complexity index is 1320. The van der Waals surface area contributed by atoms with Crippen molar-refractivity contribution >= 4 is 29.4 Å². The Labute approximate surface area is 213 Å². The molecule has 8 nitrogen and oxygen atoms in total. The van der Waals surface area contributed by atoms with Gasteiger partial charge in [0, 0.05) is 37.1 Å². The molecule has 10 heteroatoms. The van der Waals surface area contributed by atoms with Gasteiger partial charge in [-0.15, -0.1) is 0 Å². The molecule has 0 saturated carbocycles. The van der Waals surface area contributed by atoms with E-state index in [1.54, 1.807) is 33.0 Å². The Kier molecular flexibility index (Phi) is 5.80. The molecule has 2 N–H and O–H groups in total. The number of benzene rings is 2. The summed E-state index contributed by atoms with van der Waals surface area (Å²) in [6.07, 6.45) is 1.69. The van der Waals surface area contributed by atoms with E-state index in [4.69, 9.17) is 0 Å². The van der Waals surface area contributed by atoms with Crippen LogP contribution in [-0.4, -0.2) is 52.7 Å². The first-order chi connectivity index (χ1) is 17.4. The molecule has 2 heterocycles. The second kappa shape index (κ2) is 8.64. The van der Waals surface area contributed by atoms with Gasteiger partial charge in [-0.25, -0.2) is 13.6 Å². The summed E-state index contributed by atoms with van der Waals surface area (Å²) in [4.78, 5) is 53.7. The zero-order valence-electron chi connectivity index (χ0n) is 20.9. The minimum atomic E-state index is -0.971. The van der Waals surface area contributed by atoms with Gasteiger partial charge >= 0.3 is 6.03 Å². The smallest absolute Gasteiger partial charge is 0.324 e. The van der Waals surface area contributed by atoms with Gasteiger partial charge in [0.15, 0.2) is 0 Å². The van der Waals surface area contributed by atoms with Gasteiger partial charge in [0.1, 0.15) is 23.7 Å². The number of imide groups is 1. The lowest BCUT2D eigenvalue weighted by Gasteiger charge is -2.43. The number of likely N-dealkylation sites (tertiary alicyclic amines) is 1. The van der Waals surface area contributed by atoms with E-state index in [-0.39, 0.29) is 18.4 Å². The summed E-state index contributed by atoms with van der Waals surface area (Å²) in [5.41, 5.74) is 0.876. The molecule has 2 unspecified atom stereocenters. The molecule has 2 aromatic rings. The van der Waals surface area contributed by atoms with Crippen LogP contribution < -0.4 is 10.6 Å². The normalized spacial score (nSPS) is 24.5. The summed E-state index contributed by atoms with van der Waals surface area (Å²) in [6, 6.07) is 7.40. The molecule has 0 radical (unpaired) electrons. The van der Waals surface area contributed by atoms with Crippen LogP contribution in [0.25, 0.3) is 0 Å². The maximum atomic E-state index is 13.9. The maximum absolute atomic E-state index is 13.9. The molecular weight excluding hydrogens is 482 g/mol. The number of carbonyl (C=O) groups is 4. The van der Waals surface area contributed by atoms with Gasteiger partial charge in [-0.3, -0.25) is 19.7 Å². The molecule has 2 aromatic carbocycles. The van der Waals surface area contributed by atoms with Gasteiger partial charge in [-0.05, 0) is 53.8 Å². The van der Waals surface area contributed by atoms with Crippen LogP contribution >= 0.6 is 0 Å². The van der Waals surface area contributed by atoms with E-state index in [9.17, 15) is 28.0 Å². The number of amides is 5. The third-order valence-corrected chi connectivity index (χ3v) is 7.89. The summed E-state index contributed by atoms with van der Waals surface area (Å²) in [5, 5.41) is 5.17. The van der Waals surface area contributed by atoms with Crippen molar-refractivity contribution in [1.82, 2.24) is 15.1 Å². The largest absolute Gasteiger partial charge is 0.326 e. The summed E-state index contributed by atoms with van der Waals surface area (Å²) in [7, 11) is 1.59.